The van der Waals surface area contributed by atoms with Crippen molar-refractivity contribution < 1.29 is 4.79 Å². The average molecular weight is 375 g/mol. The van der Waals surface area contributed by atoms with E-state index in [2.05, 4.69) is 15.4 Å². The molecular weight excluding hydrogens is 359 g/mol. The van der Waals surface area contributed by atoms with Crippen LogP contribution in [0.5, 0.6) is 0 Å². The molecule has 1 unspecified atom stereocenters. The molecule has 0 radical (unpaired) electrons. The van der Waals surface area contributed by atoms with Crippen molar-refractivity contribution in [2.45, 2.75) is 19.4 Å². The molecule has 1 amide bonds. The molecule has 0 fully saturated rings. The van der Waals surface area contributed by atoms with Gasteiger partial charge >= 0.3 is 0 Å². The van der Waals surface area contributed by atoms with Crippen LogP contribution in [0.4, 0.5) is 0 Å². The Morgan fingerprint density at radius 3 is 2.60 bits per heavy atom. The molecule has 2 aromatic carbocycles. The van der Waals surface area contributed by atoms with E-state index in [1.165, 1.54) is 6.33 Å². The Balaban J connectivity index is 1.63. The molecule has 7 heteroatoms. The van der Waals surface area contributed by atoms with Gasteiger partial charge < -0.3 is 5.32 Å². The van der Waals surface area contributed by atoms with E-state index in [4.69, 9.17) is 23.2 Å². The molecule has 0 bridgehead atoms. The SMILES string of the molecule is CC(NC(=O)Cc1ccc(Cl)cc1Cl)c1ccc(-n2cncn2)cc1. The maximum absolute atomic E-state index is 12.3. The van der Waals surface area contributed by atoms with E-state index in [1.54, 1.807) is 29.2 Å². The van der Waals surface area contributed by atoms with E-state index < -0.39 is 0 Å². The van der Waals surface area contributed by atoms with Crippen molar-refractivity contribution in [1.82, 2.24) is 20.1 Å². The van der Waals surface area contributed by atoms with Crippen LogP contribution in [0.1, 0.15) is 24.1 Å². The summed E-state index contributed by atoms with van der Waals surface area (Å²) in [7, 11) is 0. The number of nitrogens with zero attached hydrogens (tertiary/aromatic N) is 3. The Labute approximate surface area is 155 Å². The van der Waals surface area contributed by atoms with E-state index in [9.17, 15) is 4.79 Å². The lowest BCUT2D eigenvalue weighted by atomic mass is 10.1. The summed E-state index contributed by atoms with van der Waals surface area (Å²) in [5.74, 6) is -0.0999. The average Bonchev–Trinajstić information content (AvgIpc) is 3.12. The molecule has 5 nitrogen and oxygen atoms in total. The molecule has 0 aliphatic rings. The van der Waals surface area contributed by atoms with Gasteiger partial charge in [0.2, 0.25) is 5.91 Å². The quantitative estimate of drug-likeness (QED) is 0.734. The van der Waals surface area contributed by atoms with Crippen molar-refractivity contribution >= 4 is 29.1 Å². The topological polar surface area (TPSA) is 59.8 Å². The van der Waals surface area contributed by atoms with Gasteiger partial charge in [0.15, 0.2) is 0 Å². The van der Waals surface area contributed by atoms with Crippen molar-refractivity contribution in [3.63, 3.8) is 0 Å². The second-order valence-corrected chi connectivity index (χ2v) is 6.48. The van der Waals surface area contributed by atoms with E-state index in [1.807, 2.05) is 31.2 Å². The van der Waals surface area contributed by atoms with Gasteiger partial charge in [-0.2, -0.15) is 5.10 Å². The number of hydrogen-bond acceptors (Lipinski definition) is 3. The van der Waals surface area contributed by atoms with E-state index in [0.29, 0.717) is 10.0 Å². The normalized spacial score (nSPS) is 12.0. The second-order valence-electron chi connectivity index (χ2n) is 5.63. The summed E-state index contributed by atoms with van der Waals surface area (Å²) in [4.78, 5) is 16.2. The van der Waals surface area contributed by atoms with E-state index >= 15 is 0 Å². The zero-order valence-corrected chi connectivity index (χ0v) is 15.0. The molecule has 0 spiro atoms. The van der Waals surface area contributed by atoms with Crippen molar-refractivity contribution in [2.75, 3.05) is 0 Å². The van der Waals surface area contributed by atoms with Gasteiger partial charge in [-0.15, -0.1) is 0 Å². The van der Waals surface area contributed by atoms with Gasteiger partial charge in [0.05, 0.1) is 18.2 Å². The summed E-state index contributed by atoms with van der Waals surface area (Å²) < 4.78 is 1.68. The number of carbonyl (C=O) groups excluding carboxylic acids is 1. The van der Waals surface area contributed by atoms with Crippen molar-refractivity contribution in [3.8, 4) is 5.69 Å². The van der Waals surface area contributed by atoms with Gasteiger partial charge in [-0.25, -0.2) is 9.67 Å². The first-order valence-electron chi connectivity index (χ1n) is 7.71. The Kier molecular flexibility index (Phi) is 5.36. The molecule has 1 atom stereocenters. The molecule has 3 rings (SSSR count). The van der Waals surface area contributed by atoms with Crippen LogP contribution < -0.4 is 5.32 Å². The zero-order chi connectivity index (χ0) is 17.8. The summed E-state index contributed by atoms with van der Waals surface area (Å²) in [6.07, 6.45) is 3.33. The summed E-state index contributed by atoms with van der Waals surface area (Å²) in [6, 6.07) is 12.8. The minimum Gasteiger partial charge on any atom is -0.349 e. The summed E-state index contributed by atoms with van der Waals surface area (Å²) in [6.45, 7) is 1.94. The lowest BCUT2D eigenvalue weighted by Crippen LogP contribution is -2.28. The Hall–Kier alpha value is -2.37. The number of benzene rings is 2. The predicted molar refractivity (Wildman–Crippen MR) is 98.1 cm³/mol. The minimum absolute atomic E-state index is 0.0999. The molecule has 1 N–H and O–H groups in total. The monoisotopic (exact) mass is 374 g/mol. The second kappa shape index (κ2) is 7.68. The lowest BCUT2D eigenvalue weighted by Gasteiger charge is -2.15. The molecule has 25 heavy (non-hydrogen) atoms. The number of aromatic nitrogens is 3. The highest BCUT2D eigenvalue weighted by molar-refractivity contribution is 6.35. The molecule has 0 aliphatic heterocycles. The van der Waals surface area contributed by atoms with Crippen LogP contribution in [0.2, 0.25) is 10.0 Å². The summed E-state index contributed by atoms with van der Waals surface area (Å²) in [5.41, 5.74) is 2.66. The van der Waals surface area contributed by atoms with Crippen LogP contribution in [-0.4, -0.2) is 20.7 Å². The van der Waals surface area contributed by atoms with Crippen molar-refractivity contribution in [1.29, 1.82) is 0 Å². The van der Waals surface area contributed by atoms with Gasteiger partial charge in [-0.3, -0.25) is 4.79 Å². The minimum atomic E-state index is -0.122. The molecule has 1 aromatic heterocycles. The van der Waals surface area contributed by atoms with Gasteiger partial charge in [0.25, 0.3) is 0 Å². The van der Waals surface area contributed by atoms with Crippen LogP contribution in [-0.2, 0) is 11.2 Å². The fraction of sp³-hybridized carbons (Fsp3) is 0.167. The van der Waals surface area contributed by atoms with Crippen LogP contribution >= 0.6 is 23.2 Å². The molecule has 0 saturated carbocycles. The Bertz CT molecular complexity index is 863. The fourth-order valence-electron chi connectivity index (χ4n) is 2.47. The first kappa shape index (κ1) is 17.5. The van der Waals surface area contributed by atoms with Crippen LogP contribution in [0.25, 0.3) is 5.69 Å². The predicted octanol–water partition coefficient (Wildman–Crippen LogP) is 3.99. The number of amides is 1. The largest absolute Gasteiger partial charge is 0.349 e. The third kappa shape index (κ3) is 4.38. The number of hydrogen-bond donors (Lipinski definition) is 1. The van der Waals surface area contributed by atoms with Crippen molar-refractivity contribution in [2.24, 2.45) is 0 Å². The Morgan fingerprint density at radius 2 is 1.96 bits per heavy atom. The highest BCUT2D eigenvalue weighted by Crippen LogP contribution is 2.22. The highest BCUT2D eigenvalue weighted by atomic mass is 35.5. The Morgan fingerprint density at radius 1 is 1.20 bits per heavy atom. The van der Waals surface area contributed by atoms with Crippen molar-refractivity contribution in [3.05, 3.63) is 76.3 Å². The maximum atomic E-state index is 12.3. The number of nitrogens with one attached hydrogen (secondary N) is 1. The number of rotatable bonds is 5. The highest BCUT2D eigenvalue weighted by Gasteiger charge is 2.12. The first-order valence-corrected chi connectivity index (χ1v) is 8.47. The third-order valence-electron chi connectivity index (χ3n) is 3.82. The molecule has 128 valence electrons. The zero-order valence-electron chi connectivity index (χ0n) is 13.5. The van der Waals surface area contributed by atoms with Crippen LogP contribution in [0.3, 0.4) is 0 Å². The molecule has 3 aromatic rings. The molecule has 1 heterocycles. The lowest BCUT2D eigenvalue weighted by molar-refractivity contribution is -0.121. The summed E-state index contributed by atoms with van der Waals surface area (Å²) >= 11 is 12.0. The van der Waals surface area contributed by atoms with Gasteiger partial charge in [-0.05, 0) is 42.3 Å². The smallest absolute Gasteiger partial charge is 0.224 e. The fourth-order valence-corrected chi connectivity index (χ4v) is 2.95. The number of carbonyl (C=O) groups is 1. The van der Waals surface area contributed by atoms with Gasteiger partial charge in [-0.1, -0.05) is 41.4 Å². The number of halogens is 2. The third-order valence-corrected chi connectivity index (χ3v) is 4.41. The van der Waals surface area contributed by atoms with Crippen LogP contribution in [0, 0.1) is 0 Å². The molecular formula is C18H16Cl2N4O. The van der Waals surface area contributed by atoms with Crippen LogP contribution in [0.15, 0.2) is 55.1 Å². The van der Waals surface area contributed by atoms with E-state index in [0.717, 1.165) is 16.8 Å². The standard InChI is InChI=1S/C18H16Cl2N4O/c1-12(13-3-6-16(7-4-13)24-11-21-10-22-24)23-18(25)8-14-2-5-15(19)9-17(14)20/h2-7,9-12H,8H2,1H3,(H,23,25). The van der Waals surface area contributed by atoms with Gasteiger partial charge in [0.1, 0.15) is 12.7 Å². The van der Waals surface area contributed by atoms with Gasteiger partial charge in [0, 0.05) is 10.0 Å². The maximum Gasteiger partial charge on any atom is 0.224 e. The van der Waals surface area contributed by atoms with E-state index in [-0.39, 0.29) is 18.4 Å². The first-order chi connectivity index (χ1) is 12.0. The molecule has 0 aliphatic carbocycles. The molecule has 0 saturated heterocycles. The summed E-state index contributed by atoms with van der Waals surface area (Å²) in [5, 5.41) is 8.10.